The number of nitrogens with one attached hydrogen (secondary N) is 1. The van der Waals surface area contributed by atoms with Gasteiger partial charge in [0, 0.05) is 10.6 Å². The smallest absolute Gasteiger partial charge is 0.262 e. The average molecular weight is 372 g/mol. The van der Waals surface area contributed by atoms with Crippen LogP contribution in [0, 0.1) is 13.8 Å². The van der Waals surface area contributed by atoms with Gasteiger partial charge in [-0.1, -0.05) is 60.1 Å². The van der Waals surface area contributed by atoms with E-state index in [2.05, 4.69) is 4.72 Å². The molecular weight excluding hydrogens is 354 g/mol. The van der Waals surface area contributed by atoms with Crippen LogP contribution in [0.3, 0.4) is 0 Å². The Labute approximate surface area is 153 Å². The van der Waals surface area contributed by atoms with Gasteiger partial charge in [-0.2, -0.15) is 0 Å². The monoisotopic (exact) mass is 371 g/mol. The van der Waals surface area contributed by atoms with Crippen molar-refractivity contribution in [3.8, 4) is 11.1 Å². The van der Waals surface area contributed by atoms with Crippen LogP contribution >= 0.6 is 11.6 Å². The molecule has 0 aliphatic rings. The number of rotatable bonds is 4. The molecule has 0 amide bonds. The number of halogens is 1. The standard InChI is InChI=1S/C20H18ClNO2S/c1-14-13-20(15(2)12-18(14)21)25(23,24)22-19-11-7-6-10-17(19)16-8-4-3-5-9-16/h3-13,22H,1-2H3. The van der Waals surface area contributed by atoms with Crippen molar-refractivity contribution in [3.63, 3.8) is 0 Å². The number of anilines is 1. The largest absolute Gasteiger partial charge is 0.279 e. The zero-order valence-electron chi connectivity index (χ0n) is 14.0. The quantitative estimate of drug-likeness (QED) is 0.665. The maximum absolute atomic E-state index is 12.9. The Morgan fingerprint density at radius 1 is 0.840 bits per heavy atom. The molecule has 0 saturated carbocycles. The second kappa shape index (κ2) is 6.90. The third-order valence-corrected chi connectivity index (χ3v) is 5.92. The van der Waals surface area contributed by atoms with E-state index in [9.17, 15) is 8.42 Å². The fourth-order valence-electron chi connectivity index (χ4n) is 2.69. The van der Waals surface area contributed by atoms with Gasteiger partial charge in [0.25, 0.3) is 10.0 Å². The lowest BCUT2D eigenvalue weighted by atomic mass is 10.0. The van der Waals surface area contributed by atoms with Crippen LogP contribution in [0.25, 0.3) is 11.1 Å². The van der Waals surface area contributed by atoms with Crippen molar-refractivity contribution in [2.45, 2.75) is 18.7 Å². The van der Waals surface area contributed by atoms with Crippen LogP contribution in [0.15, 0.2) is 71.6 Å². The van der Waals surface area contributed by atoms with E-state index in [-0.39, 0.29) is 4.90 Å². The van der Waals surface area contributed by atoms with Crippen LogP contribution < -0.4 is 4.72 Å². The van der Waals surface area contributed by atoms with E-state index >= 15 is 0 Å². The topological polar surface area (TPSA) is 46.2 Å². The van der Waals surface area contributed by atoms with E-state index in [1.807, 2.05) is 48.5 Å². The van der Waals surface area contributed by atoms with Gasteiger partial charge in [-0.05, 0) is 48.7 Å². The zero-order chi connectivity index (χ0) is 18.0. The number of benzene rings is 3. The first-order valence-corrected chi connectivity index (χ1v) is 9.68. The summed E-state index contributed by atoms with van der Waals surface area (Å²) in [7, 11) is -3.72. The van der Waals surface area contributed by atoms with Gasteiger partial charge in [-0.25, -0.2) is 8.42 Å². The highest BCUT2D eigenvalue weighted by molar-refractivity contribution is 7.92. The lowest BCUT2D eigenvalue weighted by molar-refractivity contribution is 0.600. The first-order valence-electron chi connectivity index (χ1n) is 7.82. The number of sulfonamides is 1. The van der Waals surface area contributed by atoms with Crippen LogP contribution in [0.4, 0.5) is 5.69 Å². The fourth-order valence-corrected chi connectivity index (χ4v) is 4.30. The van der Waals surface area contributed by atoms with Crippen molar-refractivity contribution in [2.24, 2.45) is 0 Å². The molecule has 3 rings (SSSR count). The van der Waals surface area contributed by atoms with Gasteiger partial charge in [0.05, 0.1) is 10.6 Å². The van der Waals surface area contributed by atoms with Crippen molar-refractivity contribution >= 4 is 27.3 Å². The molecule has 0 radical (unpaired) electrons. The fraction of sp³-hybridized carbons (Fsp3) is 0.100. The van der Waals surface area contributed by atoms with Crippen LogP contribution in [0.2, 0.25) is 5.02 Å². The number of aryl methyl sites for hydroxylation is 2. The second-order valence-electron chi connectivity index (χ2n) is 5.88. The van der Waals surface area contributed by atoms with Gasteiger partial charge in [0.2, 0.25) is 0 Å². The summed E-state index contributed by atoms with van der Waals surface area (Å²) < 4.78 is 28.5. The molecule has 0 unspecified atom stereocenters. The first kappa shape index (κ1) is 17.5. The van der Waals surface area contributed by atoms with E-state index in [0.29, 0.717) is 16.3 Å². The summed E-state index contributed by atoms with van der Waals surface area (Å²) in [5.74, 6) is 0. The summed E-state index contributed by atoms with van der Waals surface area (Å²) in [6.07, 6.45) is 0. The van der Waals surface area contributed by atoms with Gasteiger partial charge in [-0.3, -0.25) is 4.72 Å². The van der Waals surface area contributed by atoms with Gasteiger partial charge in [0.15, 0.2) is 0 Å². The van der Waals surface area contributed by atoms with E-state index < -0.39 is 10.0 Å². The van der Waals surface area contributed by atoms with Gasteiger partial charge in [0.1, 0.15) is 0 Å². The third-order valence-electron chi connectivity index (χ3n) is 4.00. The minimum atomic E-state index is -3.72. The van der Waals surface area contributed by atoms with Crippen molar-refractivity contribution in [3.05, 3.63) is 82.9 Å². The minimum Gasteiger partial charge on any atom is -0.279 e. The molecule has 0 atom stereocenters. The highest BCUT2D eigenvalue weighted by Gasteiger charge is 2.20. The molecular formula is C20H18ClNO2S. The molecule has 0 saturated heterocycles. The van der Waals surface area contributed by atoms with Gasteiger partial charge >= 0.3 is 0 Å². The molecule has 3 nitrogen and oxygen atoms in total. The van der Waals surface area contributed by atoms with Crippen molar-refractivity contribution < 1.29 is 8.42 Å². The highest BCUT2D eigenvalue weighted by Crippen LogP contribution is 2.31. The molecule has 0 aliphatic carbocycles. The summed E-state index contributed by atoms with van der Waals surface area (Å²) in [5, 5.41) is 0.557. The van der Waals surface area contributed by atoms with E-state index in [4.69, 9.17) is 11.6 Å². The van der Waals surface area contributed by atoms with Gasteiger partial charge in [-0.15, -0.1) is 0 Å². The summed E-state index contributed by atoms with van der Waals surface area (Å²) >= 11 is 6.09. The summed E-state index contributed by atoms with van der Waals surface area (Å²) in [4.78, 5) is 0.234. The van der Waals surface area contributed by atoms with E-state index in [0.717, 1.165) is 16.7 Å². The predicted molar refractivity (Wildman–Crippen MR) is 104 cm³/mol. The molecule has 0 aliphatic heterocycles. The minimum absolute atomic E-state index is 0.234. The molecule has 0 spiro atoms. The highest BCUT2D eigenvalue weighted by atomic mass is 35.5. The van der Waals surface area contributed by atoms with E-state index in [1.165, 1.54) is 0 Å². The Morgan fingerprint density at radius 2 is 1.48 bits per heavy atom. The second-order valence-corrected chi connectivity index (χ2v) is 7.94. The molecule has 0 fully saturated rings. The van der Waals surface area contributed by atoms with Crippen LogP contribution in [0.1, 0.15) is 11.1 Å². The molecule has 0 aromatic heterocycles. The Balaban J connectivity index is 2.05. The van der Waals surface area contributed by atoms with Gasteiger partial charge < -0.3 is 0 Å². The predicted octanol–water partition coefficient (Wildman–Crippen LogP) is 5.42. The lowest BCUT2D eigenvalue weighted by Crippen LogP contribution is -2.15. The molecule has 3 aromatic rings. The SMILES string of the molecule is Cc1cc(S(=O)(=O)Nc2ccccc2-c2ccccc2)c(C)cc1Cl. The summed E-state index contributed by atoms with van der Waals surface area (Å²) in [6.45, 7) is 3.53. The number of para-hydroxylation sites is 1. The number of hydrogen-bond acceptors (Lipinski definition) is 2. The van der Waals surface area contributed by atoms with Crippen LogP contribution in [0.5, 0.6) is 0 Å². The Bertz CT molecular complexity index is 1020. The Hall–Kier alpha value is -2.30. The average Bonchev–Trinajstić information content (AvgIpc) is 2.59. The summed E-state index contributed by atoms with van der Waals surface area (Å²) in [6, 6.07) is 20.3. The normalized spacial score (nSPS) is 11.3. The van der Waals surface area contributed by atoms with Crippen molar-refractivity contribution in [2.75, 3.05) is 4.72 Å². The molecule has 5 heteroatoms. The van der Waals surface area contributed by atoms with Crippen molar-refractivity contribution in [1.29, 1.82) is 0 Å². The number of hydrogen-bond donors (Lipinski definition) is 1. The first-order chi connectivity index (χ1) is 11.9. The molecule has 0 heterocycles. The third kappa shape index (κ3) is 3.70. The Morgan fingerprint density at radius 3 is 2.20 bits per heavy atom. The molecule has 128 valence electrons. The lowest BCUT2D eigenvalue weighted by Gasteiger charge is -2.15. The maximum atomic E-state index is 12.9. The molecule has 1 N–H and O–H groups in total. The summed E-state index contributed by atoms with van der Waals surface area (Å²) in [5.41, 5.74) is 3.66. The maximum Gasteiger partial charge on any atom is 0.262 e. The zero-order valence-corrected chi connectivity index (χ0v) is 15.5. The Kier molecular flexibility index (Phi) is 4.84. The van der Waals surface area contributed by atoms with Crippen molar-refractivity contribution in [1.82, 2.24) is 0 Å². The molecule has 25 heavy (non-hydrogen) atoms. The van der Waals surface area contributed by atoms with Crippen LogP contribution in [-0.2, 0) is 10.0 Å². The molecule has 3 aromatic carbocycles. The van der Waals surface area contributed by atoms with Crippen LogP contribution in [-0.4, -0.2) is 8.42 Å². The van der Waals surface area contributed by atoms with E-state index in [1.54, 1.807) is 32.0 Å². The molecule has 0 bridgehead atoms.